The van der Waals surface area contributed by atoms with E-state index in [1.54, 1.807) is 7.11 Å². The van der Waals surface area contributed by atoms with Crippen LogP contribution in [0.5, 0.6) is 0 Å². The molecule has 11 heteroatoms. The lowest BCUT2D eigenvalue weighted by atomic mass is 9.96. The number of hydrogen-bond acceptors (Lipinski definition) is 7. The van der Waals surface area contributed by atoms with Gasteiger partial charge in [-0.15, -0.1) is 0 Å². The molecule has 2 N–H and O–H groups in total. The largest absolute Gasteiger partial charge is 0.472 e. The Labute approximate surface area is 131 Å². The second-order valence-corrected chi connectivity index (χ2v) is 7.21. The molecule has 2 aliphatic heterocycles. The number of hydrogen-bond donors (Lipinski definition) is 2. The van der Waals surface area contributed by atoms with Gasteiger partial charge in [0.2, 0.25) is 0 Å². The lowest BCUT2D eigenvalue weighted by Gasteiger charge is -2.22. The number of ether oxygens (including phenoxy) is 3. The predicted octanol–water partition coefficient (Wildman–Crippen LogP) is -2.01. The van der Waals surface area contributed by atoms with E-state index in [1.165, 1.54) is 0 Å². The Morgan fingerprint density at radius 2 is 1.77 bits per heavy atom. The van der Waals surface area contributed by atoms with Crippen LogP contribution in [0.4, 0.5) is 0 Å². The van der Waals surface area contributed by atoms with E-state index in [-0.39, 0.29) is 31.3 Å². The summed E-state index contributed by atoms with van der Waals surface area (Å²) in [6.07, 6.45) is -0.726. The molecule has 0 aliphatic carbocycles. The summed E-state index contributed by atoms with van der Waals surface area (Å²) in [6.45, 7) is -0.368. The maximum atomic E-state index is 12.0. The maximum absolute atomic E-state index is 12.0. The van der Waals surface area contributed by atoms with Crippen molar-refractivity contribution in [1.82, 2.24) is 0 Å². The quantitative estimate of drug-likeness (QED) is 0.406. The Morgan fingerprint density at radius 1 is 1.18 bits per heavy atom. The number of phosphoric ester groups is 1. The van der Waals surface area contributed by atoms with Crippen LogP contribution in [0.2, 0.25) is 0 Å². The van der Waals surface area contributed by atoms with Crippen molar-refractivity contribution in [2.75, 3.05) is 20.3 Å². The van der Waals surface area contributed by atoms with Crippen LogP contribution in [0.25, 0.3) is 0 Å². The van der Waals surface area contributed by atoms with E-state index in [2.05, 4.69) is 0 Å². The van der Waals surface area contributed by atoms with Gasteiger partial charge in [-0.1, -0.05) is 0 Å². The molecule has 0 amide bonds. The maximum Gasteiger partial charge on any atom is 0.472 e. The molecule has 0 radical (unpaired) electrons. The highest BCUT2D eigenvalue weighted by atomic mass is 31.2. The van der Waals surface area contributed by atoms with Gasteiger partial charge in [0.15, 0.2) is 0 Å². The molecule has 0 bridgehead atoms. The smallest absolute Gasteiger partial charge is 0.394 e. The van der Waals surface area contributed by atoms with E-state index in [1.807, 2.05) is 15.7 Å². The second-order valence-electron chi connectivity index (χ2n) is 5.81. The summed E-state index contributed by atoms with van der Waals surface area (Å²) in [5, 5.41) is 9.20. The average Bonchev–Trinajstić information content (AvgIpc) is 2.98. The lowest BCUT2D eigenvalue weighted by Crippen LogP contribution is -2.30. The van der Waals surface area contributed by atoms with E-state index in [9.17, 15) is 14.6 Å². The van der Waals surface area contributed by atoms with E-state index >= 15 is 0 Å². The summed E-state index contributed by atoms with van der Waals surface area (Å²) < 4.78 is 38.5. The Morgan fingerprint density at radius 3 is 2.36 bits per heavy atom. The van der Waals surface area contributed by atoms with Gasteiger partial charge in [0.1, 0.15) is 27.9 Å². The van der Waals surface area contributed by atoms with Crippen molar-refractivity contribution >= 4 is 23.5 Å². The summed E-state index contributed by atoms with van der Waals surface area (Å²) in [7, 11) is 1.03. The molecule has 2 aliphatic rings. The molecule has 3 unspecified atom stereocenters. The van der Waals surface area contributed by atoms with Crippen LogP contribution in [0.15, 0.2) is 0 Å². The Hall–Kier alpha value is 0.0799. The number of phosphoric acid groups is 1. The van der Waals surface area contributed by atoms with Gasteiger partial charge in [-0.25, -0.2) is 4.57 Å². The van der Waals surface area contributed by atoms with Gasteiger partial charge in [0.25, 0.3) is 0 Å². The zero-order valence-corrected chi connectivity index (χ0v) is 14.0. The zero-order valence-electron chi connectivity index (χ0n) is 13.1. The lowest BCUT2D eigenvalue weighted by molar-refractivity contribution is -0.0331. The van der Waals surface area contributed by atoms with E-state index in [0.717, 1.165) is 0 Å². The van der Waals surface area contributed by atoms with Crippen LogP contribution in [-0.2, 0) is 27.8 Å². The Kier molecular flexibility index (Phi) is 6.50. The molecule has 2 heterocycles. The standard InChI is InChI=1S/C11H23B2O8P/c1-17-6-2-10(12)20-9(6)5-18-22(15,16)21-7-3-11(13)19-8(7)4-14/h6-11,14H,2-5,12-13H2,1H3,(H,15,16)/t6?,7?,8-,9-,10-,11-/m1/s1. The highest BCUT2D eigenvalue weighted by Crippen LogP contribution is 2.47. The van der Waals surface area contributed by atoms with Crippen molar-refractivity contribution in [2.45, 2.75) is 49.3 Å². The molecule has 2 fully saturated rings. The van der Waals surface area contributed by atoms with Crippen LogP contribution < -0.4 is 0 Å². The highest BCUT2D eigenvalue weighted by molar-refractivity contribution is 7.47. The highest BCUT2D eigenvalue weighted by Gasteiger charge is 2.40. The van der Waals surface area contributed by atoms with Crippen molar-refractivity contribution in [2.24, 2.45) is 0 Å². The van der Waals surface area contributed by atoms with E-state index in [4.69, 9.17) is 23.3 Å². The minimum Gasteiger partial charge on any atom is -0.394 e. The van der Waals surface area contributed by atoms with Crippen molar-refractivity contribution < 1.29 is 37.8 Å². The van der Waals surface area contributed by atoms with Crippen LogP contribution in [0.3, 0.4) is 0 Å². The number of rotatable bonds is 7. The molecular formula is C11H23B2O8P. The van der Waals surface area contributed by atoms with Crippen LogP contribution in [0.1, 0.15) is 12.8 Å². The molecule has 126 valence electrons. The molecule has 0 aromatic heterocycles. The second kappa shape index (κ2) is 7.77. The van der Waals surface area contributed by atoms with Gasteiger partial charge in [0.05, 0.1) is 25.4 Å². The first-order chi connectivity index (χ1) is 10.3. The Bertz CT molecular complexity index is 414. The first-order valence-corrected chi connectivity index (χ1v) is 8.94. The molecule has 2 rings (SSSR count). The molecule has 0 spiro atoms. The summed E-state index contributed by atoms with van der Waals surface area (Å²) in [5.74, 6) is 0. The van der Waals surface area contributed by atoms with Gasteiger partial charge in [-0.05, 0) is 12.8 Å². The number of aliphatic hydroxyl groups excluding tert-OH is 1. The molecular weight excluding hydrogens is 313 g/mol. The van der Waals surface area contributed by atoms with Gasteiger partial charge in [0, 0.05) is 19.1 Å². The summed E-state index contributed by atoms with van der Waals surface area (Å²) in [4.78, 5) is 9.84. The third-order valence-electron chi connectivity index (χ3n) is 3.93. The SMILES string of the molecule is B[C@H]1CC(OC)[C@@H](COP(=O)(O)OC2C[C@H](B)O[C@@H]2CO)O1. The molecule has 0 aromatic carbocycles. The molecule has 7 atom stereocenters. The van der Waals surface area contributed by atoms with Crippen molar-refractivity contribution in [1.29, 1.82) is 0 Å². The van der Waals surface area contributed by atoms with E-state index < -0.39 is 26.1 Å². The third-order valence-corrected chi connectivity index (χ3v) is 4.94. The minimum atomic E-state index is -4.25. The topological polar surface area (TPSA) is 104 Å². The average molecular weight is 336 g/mol. The van der Waals surface area contributed by atoms with Crippen LogP contribution in [0, 0.1) is 0 Å². The fourth-order valence-corrected chi connectivity index (χ4v) is 3.84. The van der Waals surface area contributed by atoms with Crippen molar-refractivity contribution in [3.8, 4) is 0 Å². The van der Waals surface area contributed by atoms with Gasteiger partial charge >= 0.3 is 7.82 Å². The first-order valence-electron chi connectivity index (χ1n) is 7.45. The Balaban J connectivity index is 1.84. The van der Waals surface area contributed by atoms with Crippen molar-refractivity contribution in [3.63, 3.8) is 0 Å². The summed E-state index contributed by atoms with van der Waals surface area (Å²) >= 11 is 0. The molecule has 22 heavy (non-hydrogen) atoms. The fraction of sp³-hybridized carbons (Fsp3) is 1.00. The predicted molar refractivity (Wildman–Crippen MR) is 82.2 cm³/mol. The van der Waals surface area contributed by atoms with E-state index in [0.29, 0.717) is 12.8 Å². The fourth-order valence-electron chi connectivity index (χ4n) is 2.88. The summed E-state index contributed by atoms with van der Waals surface area (Å²) in [5.41, 5.74) is 0. The molecule has 0 aromatic rings. The minimum absolute atomic E-state index is 0.0143. The molecule has 8 nitrogen and oxygen atoms in total. The monoisotopic (exact) mass is 336 g/mol. The molecule has 0 saturated carbocycles. The zero-order chi connectivity index (χ0) is 16.3. The normalized spacial score (nSPS) is 41.6. The van der Waals surface area contributed by atoms with Gasteiger partial charge < -0.3 is 24.2 Å². The van der Waals surface area contributed by atoms with Gasteiger partial charge in [-0.2, -0.15) is 0 Å². The first kappa shape index (κ1) is 18.4. The molecule has 2 saturated heterocycles. The third kappa shape index (κ3) is 4.79. The number of methoxy groups -OCH3 is 1. The van der Waals surface area contributed by atoms with Crippen LogP contribution >= 0.6 is 7.82 Å². The number of aliphatic hydroxyl groups is 1. The van der Waals surface area contributed by atoms with Crippen LogP contribution in [-0.4, -0.2) is 82.4 Å². The van der Waals surface area contributed by atoms with Crippen molar-refractivity contribution in [3.05, 3.63) is 0 Å². The summed E-state index contributed by atoms with van der Waals surface area (Å²) in [6, 6.07) is -0.126. The van der Waals surface area contributed by atoms with Gasteiger partial charge in [-0.3, -0.25) is 9.05 Å².